The summed E-state index contributed by atoms with van der Waals surface area (Å²) in [5, 5.41) is 13.0. The summed E-state index contributed by atoms with van der Waals surface area (Å²) in [6.07, 6.45) is 4.30. The van der Waals surface area contributed by atoms with Gasteiger partial charge in [-0.2, -0.15) is 0 Å². The minimum atomic E-state index is -0.509. The third-order valence-corrected chi connectivity index (χ3v) is 2.00. The zero-order chi connectivity index (χ0) is 9.45. The standard InChI is InChI=1S/C10H23NO/c1-4-6-7-10(3,12)9-11-8-5-2/h11-12H,4-9H2,1-3H3. The summed E-state index contributed by atoms with van der Waals surface area (Å²) in [4.78, 5) is 0. The fourth-order valence-corrected chi connectivity index (χ4v) is 1.18. The topological polar surface area (TPSA) is 32.3 Å². The second kappa shape index (κ2) is 6.44. The molecule has 0 bridgehead atoms. The predicted molar refractivity (Wildman–Crippen MR) is 53.3 cm³/mol. The van der Waals surface area contributed by atoms with E-state index in [0.29, 0.717) is 0 Å². The van der Waals surface area contributed by atoms with Crippen molar-refractivity contribution < 1.29 is 5.11 Å². The molecule has 0 saturated heterocycles. The molecule has 0 heterocycles. The maximum absolute atomic E-state index is 9.81. The largest absolute Gasteiger partial charge is 0.389 e. The van der Waals surface area contributed by atoms with Crippen molar-refractivity contribution in [3.05, 3.63) is 0 Å². The summed E-state index contributed by atoms with van der Waals surface area (Å²) in [6, 6.07) is 0. The van der Waals surface area contributed by atoms with Crippen LogP contribution < -0.4 is 5.32 Å². The van der Waals surface area contributed by atoms with Crippen LogP contribution in [-0.4, -0.2) is 23.8 Å². The molecule has 2 N–H and O–H groups in total. The SMILES string of the molecule is CCCCC(C)(O)CNCCC. The molecule has 0 fully saturated rings. The molecule has 12 heavy (non-hydrogen) atoms. The second-order valence-electron chi connectivity index (χ2n) is 3.78. The Bertz CT molecular complexity index is 102. The van der Waals surface area contributed by atoms with Gasteiger partial charge in [-0.05, 0) is 26.3 Å². The van der Waals surface area contributed by atoms with Gasteiger partial charge >= 0.3 is 0 Å². The Morgan fingerprint density at radius 2 is 1.92 bits per heavy atom. The van der Waals surface area contributed by atoms with Crippen molar-refractivity contribution in [2.45, 2.75) is 52.1 Å². The molecule has 74 valence electrons. The number of rotatable bonds is 7. The lowest BCUT2D eigenvalue weighted by molar-refractivity contribution is 0.0488. The predicted octanol–water partition coefficient (Wildman–Crippen LogP) is 1.93. The van der Waals surface area contributed by atoms with Crippen molar-refractivity contribution in [1.82, 2.24) is 5.32 Å². The van der Waals surface area contributed by atoms with E-state index in [1.165, 1.54) is 0 Å². The second-order valence-corrected chi connectivity index (χ2v) is 3.78. The highest BCUT2D eigenvalue weighted by atomic mass is 16.3. The molecule has 0 rings (SSSR count). The Morgan fingerprint density at radius 3 is 2.42 bits per heavy atom. The van der Waals surface area contributed by atoms with Crippen LogP contribution in [0.1, 0.15) is 46.5 Å². The van der Waals surface area contributed by atoms with Crippen molar-refractivity contribution in [2.24, 2.45) is 0 Å². The highest BCUT2D eigenvalue weighted by Gasteiger charge is 2.17. The van der Waals surface area contributed by atoms with Gasteiger partial charge < -0.3 is 10.4 Å². The zero-order valence-corrected chi connectivity index (χ0v) is 8.69. The summed E-state index contributed by atoms with van der Waals surface area (Å²) >= 11 is 0. The molecule has 0 aromatic rings. The number of unbranched alkanes of at least 4 members (excludes halogenated alkanes) is 1. The molecular weight excluding hydrogens is 150 g/mol. The Kier molecular flexibility index (Phi) is 6.39. The van der Waals surface area contributed by atoms with Crippen molar-refractivity contribution in [2.75, 3.05) is 13.1 Å². The lowest BCUT2D eigenvalue weighted by Crippen LogP contribution is -2.37. The van der Waals surface area contributed by atoms with Gasteiger partial charge in [-0.25, -0.2) is 0 Å². The van der Waals surface area contributed by atoms with E-state index < -0.39 is 5.60 Å². The summed E-state index contributed by atoms with van der Waals surface area (Å²) in [6.45, 7) is 7.91. The number of hydrogen-bond donors (Lipinski definition) is 2. The smallest absolute Gasteiger partial charge is 0.0743 e. The quantitative estimate of drug-likeness (QED) is 0.577. The van der Waals surface area contributed by atoms with Gasteiger partial charge in [0.25, 0.3) is 0 Å². The van der Waals surface area contributed by atoms with Gasteiger partial charge in [-0.1, -0.05) is 26.7 Å². The average molecular weight is 173 g/mol. The average Bonchev–Trinajstić information content (AvgIpc) is 2.01. The molecule has 2 nitrogen and oxygen atoms in total. The number of nitrogens with one attached hydrogen (secondary N) is 1. The summed E-state index contributed by atoms with van der Waals surface area (Å²) in [5.74, 6) is 0. The van der Waals surface area contributed by atoms with E-state index in [-0.39, 0.29) is 0 Å². The molecule has 1 unspecified atom stereocenters. The van der Waals surface area contributed by atoms with Crippen LogP contribution in [-0.2, 0) is 0 Å². The number of aliphatic hydroxyl groups is 1. The van der Waals surface area contributed by atoms with E-state index in [0.717, 1.165) is 38.8 Å². The van der Waals surface area contributed by atoms with Gasteiger partial charge in [-0.3, -0.25) is 0 Å². The summed E-state index contributed by atoms with van der Waals surface area (Å²) in [7, 11) is 0. The number of hydrogen-bond acceptors (Lipinski definition) is 2. The Morgan fingerprint density at radius 1 is 1.25 bits per heavy atom. The fourth-order valence-electron chi connectivity index (χ4n) is 1.18. The third-order valence-electron chi connectivity index (χ3n) is 2.00. The molecule has 0 spiro atoms. The lowest BCUT2D eigenvalue weighted by Gasteiger charge is -2.23. The van der Waals surface area contributed by atoms with E-state index in [4.69, 9.17) is 0 Å². The van der Waals surface area contributed by atoms with Crippen LogP contribution in [0.4, 0.5) is 0 Å². The van der Waals surface area contributed by atoms with Gasteiger partial charge in [0.05, 0.1) is 5.60 Å². The van der Waals surface area contributed by atoms with Crippen molar-refractivity contribution in [3.8, 4) is 0 Å². The van der Waals surface area contributed by atoms with Crippen LogP contribution in [0, 0.1) is 0 Å². The summed E-state index contributed by atoms with van der Waals surface area (Å²) < 4.78 is 0. The first kappa shape index (κ1) is 11.9. The molecule has 0 aliphatic heterocycles. The van der Waals surface area contributed by atoms with E-state index in [1.54, 1.807) is 0 Å². The fraction of sp³-hybridized carbons (Fsp3) is 1.00. The van der Waals surface area contributed by atoms with Crippen molar-refractivity contribution >= 4 is 0 Å². The van der Waals surface area contributed by atoms with Gasteiger partial charge in [0.1, 0.15) is 0 Å². The van der Waals surface area contributed by atoms with E-state index in [1.807, 2.05) is 6.92 Å². The first-order chi connectivity index (χ1) is 5.62. The minimum absolute atomic E-state index is 0.509. The van der Waals surface area contributed by atoms with Crippen LogP contribution >= 0.6 is 0 Å². The molecule has 0 radical (unpaired) electrons. The highest BCUT2D eigenvalue weighted by Crippen LogP contribution is 2.11. The van der Waals surface area contributed by atoms with E-state index >= 15 is 0 Å². The normalized spacial score (nSPS) is 16.0. The zero-order valence-electron chi connectivity index (χ0n) is 8.69. The first-order valence-corrected chi connectivity index (χ1v) is 5.05. The first-order valence-electron chi connectivity index (χ1n) is 5.05. The molecular formula is C10H23NO. The van der Waals surface area contributed by atoms with Gasteiger partial charge in [0.15, 0.2) is 0 Å². The maximum Gasteiger partial charge on any atom is 0.0743 e. The third kappa shape index (κ3) is 6.62. The molecule has 0 aliphatic carbocycles. The van der Waals surface area contributed by atoms with E-state index in [9.17, 15) is 5.11 Å². The lowest BCUT2D eigenvalue weighted by atomic mass is 9.99. The molecule has 0 aromatic heterocycles. The molecule has 0 aromatic carbocycles. The van der Waals surface area contributed by atoms with Crippen LogP contribution in [0.5, 0.6) is 0 Å². The van der Waals surface area contributed by atoms with Crippen LogP contribution in [0.2, 0.25) is 0 Å². The monoisotopic (exact) mass is 173 g/mol. The molecule has 1 atom stereocenters. The molecule has 0 amide bonds. The van der Waals surface area contributed by atoms with Crippen LogP contribution in [0.3, 0.4) is 0 Å². The Balaban J connectivity index is 3.42. The Labute approximate surface area is 76.4 Å². The highest BCUT2D eigenvalue weighted by molar-refractivity contribution is 4.74. The Hall–Kier alpha value is -0.0800. The van der Waals surface area contributed by atoms with Crippen LogP contribution in [0.15, 0.2) is 0 Å². The van der Waals surface area contributed by atoms with Gasteiger partial charge in [-0.15, -0.1) is 0 Å². The summed E-state index contributed by atoms with van der Waals surface area (Å²) in [5.41, 5.74) is -0.509. The molecule has 2 heteroatoms. The van der Waals surface area contributed by atoms with Gasteiger partial charge in [0, 0.05) is 6.54 Å². The van der Waals surface area contributed by atoms with Crippen molar-refractivity contribution in [3.63, 3.8) is 0 Å². The van der Waals surface area contributed by atoms with Gasteiger partial charge in [0.2, 0.25) is 0 Å². The molecule has 0 saturated carbocycles. The minimum Gasteiger partial charge on any atom is -0.389 e. The van der Waals surface area contributed by atoms with Crippen molar-refractivity contribution in [1.29, 1.82) is 0 Å². The van der Waals surface area contributed by atoms with Crippen LogP contribution in [0.25, 0.3) is 0 Å². The molecule has 0 aliphatic rings. The maximum atomic E-state index is 9.81. The van der Waals surface area contributed by atoms with E-state index in [2.05, 4.69) is 19.2 Å².